The fraction of sp³-hybridized carbons (Fsp3) is 0.438. The summed E-state index contributed by atoms with van der Waals surface area (Å²) in [6.07, 6.45) is 1.80. The maximum Gasteiger partial charge on any atom is 0.266 e. The second kappa shape index (κ2) is 7.55. The van der Waals surface area contributed by atoms with Gasteiger partial charge in [-0.15, -0.1) is 0 Å². The van der Waals surface area contributed by atoms with Gasteiger partial charge in [0, 0.05) is 22.5 Å². The van der Waals surface area contributed by atoms with Gasteiger partial charge in [0.15, 0.2) is 9.84 Å². The third kappa shape index (κ3) is 3.58. The highest BCUT2D eigenvalue weighted by atomic mass is 35.5. The maximum atomic E-state index is 13.2. The van der Waals surface area contributed by atoms with E-state index < -0.39 is 21.0 Å². The molecule has 4 N–H and O–H groups in total. The van der Waals surface area contributed by atoms with E-state index in [2.05, 4.69) is 4.98 Å². The first kappa shape index (κ1) is 18.8. The molecule has 2 aromatic rings. The number of aliphatic hydroxyl groups is 1. The van der Waals surface area contributed by atoms with E-state index in [9.17, 15) is 13.2 Å². The van der Waals surface area contributed by atoms with Crippen LogP contribution in [0.25, 0.3) is 10.9 Å². The topological polar surface area (TPSA) is 113 Å². The van der Waals surface area contributed by atoms with Gasteiger partial charge in [0.05, 0.1) is 5.25 Å². The van der Waals surface area contributed by atoms with Gasteiger partial charge < -0.3 is 15.8 Å². The first-order valence-electron chi connectivity index (χ1n) is 7.78. The minimum Gasteiger partial charge on any atom is -0.396 e. The predicted octanol–water partition coefficient (Wildman–Crippen LogP) is 2.64. The Kier molecular flexibility index (Phi) is 5.90. The van der Waals surface area contributed by atoms with Gasteiger partial charge in [0.25, 0.3) is 5.91 Å². The molecule has 1 aromatic heterocycles. The van der Waals surface area contributed by atoms with Crippen LogP contribution >= 0.6 is 11.6 Å². The van der Waals surface area contributed by atoms with Crippen molar-refractivity contribution in [3.63, 3.8) is 0 Å². The lowest BCUT2D eigenvalue weighted by Crippen LogP contribution is -2.25. The zero-order valence-electron chi connectivity index (χ0n) is 13.4. The van der Waals surface area contributed by atoms with Crippen molar-refractivity contribution in [1.82, 2.24) is 4.98 Å². The normalized spacial score (nSPS) is 13.3. The molecule has 1 atom stereocenters. The fourth-order valence-corrected chi connectivity index (χ4v) is 5.31. The van der Waals surface area contributed by atoms with Gasteiger partial charge in [-0.05, 0) is 37.5 Å². The van der Waals surface area contributed by atoms with Crippen LogP contribution in [0.4, 0.5) is 0 Å². The first-order valence-corrected chi connectivity index (χ1v) is 9.71. The molecule has 0 radical (unpaired) electrons. The van der Waals surface area contributed by atoms with Crippen LogP contribution in [0, 0.1) is 0 Å². The monoisotopic (exact) mass is 372 g/mol. The molecule has 2 rings (SSSR count). The number of amides is 1. The Hall–Kier alpha value is -1.57. The highest BCUT2D eigenvalue weighted by Gasteiger charge is 2.33. The Balaban J connectivity index is 2.68. The third-order valence-electron chi connectivity index (χ3n) is 3.98. The van der Waals surface area contributed by atoms with E-state index >= 15 is 0 Å². The molecule has 0 fully saturated rings. The van der Waals surface area contributed by atoms with Crippen molar-refractivity contribution in [1.29, 1.82) is 0 Å². The van der Waals surface area contributed by atoms with Gasteiger partial charge in [0.2, 0.25) is 0 Å². The summed E-state index contributed by atoms with van der Waals surface area (Å²) in [7, 11) is -3.81. The van der Waals surface area contributed by atoms with Crippen molar-refractivity contribution >= 4 is 38.2 Å². The largest absolute Gasteiger partial charge is 0.396 e. The molecule has 132 valence electrons. The van der Waals surface area contributed by atoms with Gasteiger partial charge in [-0.1, -0.05) is 24.9 Å². The van der Waals surface area contributed by atoms with Crippen molar-refractivity contribution in [3.05, 3.63) is 28.9 Å². The quantitative estimate of drug-likeness (QED) is 0.660. The van der Waals surface area contributed by atoms with E-state index in [0.717, 1.165) is 0 Å². The number of aromatic nitrogens is 1. The summed E-state index contributed by atoms with van der Waals surface area (Å²) >= 11 is 6.00. The number of nitrogens with one attached hydrogen (secondary N) is 1. The smallest absolute Gasteiger partial charge is 0.266 e. The van der Waals surface area contributed by atoms with Crippen LogP contribution in [-0.2, 0) is 9.84 Å². The van der Waals surface area contributed by atoms with Crippen LogP contribution in [0.2, 0.25) is 5.02 Å². The molecule has 1 unspecified atom stereocenters. The Morgan fingerprint density at radius 3 is 2.67 bits per heavy atom. The van der Waals surface area contributed by atoms with Gasteiger partial charge in [-0.2, -0.15) is 0 Å². The van der Waals surface area contributed by atoms with Crippen molar-refractivity contribution < 1.29 is 18.3 Å². The summed E-state index contributed by atoms with van der Waals surface area (Å²) in [6, 6.07) is 4.74. The fourth-order valence-electron chi connectivity index (χ4n) is 2.87. The number of hydrogen-bond acceptors (Lipinski definition) is 4. The molecule has 1 amide bonds. The van der Waals surface area contributed by atoms with Gasteiger partial charge >= 0.3 is 0 Å². The number of fused-ring (bicyclic) bond motifs is 1. The molecule has 0 aliphatic heterocycles. The SMILES string of the molecule is CCCC(CCCO)S(=O)(=O)c1c(C(N)=O)[nH]c2ccc(Cl)cc12. The van der Waals surface area contributed by atoms with Crippen molar-refractivity contribution in [3.8, 4) is 0 Å². The number of H-pyrrole nitrogens is 1. The van der Waals surface area contributed by atoms with Gasteiger partial charge in [-0.25, -0.2) is 8.42 Å². The predicted molar refractivity (Wildman–Crippen MR) is 94.0 cm³/mol. The van der Waals surface area contributed by atoms with Crippen LogP contribution < -0.4 is 5.73 Å². The number of hydrogen-bond donors (Lipinski definition) is 3. The van der Waals surface area contributed by atoms with E-state index in [4.69, 9.17) is 22.4 Å². The number of carbonyl (C=O) groups is 1. The summed E-state index contributed by atoms with van der Waals surface area (Å²) in [6.45, 7) is 1.81. The minimum absolute atomic E-state index is 0.0852. The number of rotatable bonds is 8. The van der Waals surface area contributed by atoms with Crippen LogP contribution in [0.1, 0.15) is 43.1 Å². The molecule has 1 aromatic carbocycles. The van der Waals surface area contributed by atoms with Crippen molar-refractivity contribution in [2.45, 2.75) is 42.8 Å². The molecule has 24 heavy (non-hydrogen) atoms. The first-order chi connectivity index (χ1) is 11.3. The van der Waals surface area contributed by atoms with Crippen molar-refractivity contribution in [2.75, 3.05) is 6.61 Å². The van der Waals surface area contributed by atoms with Crippen LogP contribution in [0.5, 0.6) is 0 Å². The standard InChI is InChI=1S/C16H21ClN2O4S/c1-2-4-11(5-3-8-20)24(22,23)15-12-9-10(17)6-7-13(12)19-14(15)16(18)21/h6-7,9,11,19-20H,2-5,8H2,1H3,(H2,18,21). The lowest BCUT2D eigenvalue weighted by molar-refractivity contribution is 0.0993. The number of halogens is 1. The van der Waals surface area contributed by atoms with E-state index in [1.807, 2.05) is 6.92 Å². The van der Waals surface area contributed by atoms with Crippen LogP contribution in [-0.4, -0.2) is 36.3 Å². The molecule has 0 spiro atoms. The zero-order chi connectivity index (χ0) is 17.9. The highest BCUT2D eigenvalue weighted by Crippen LogP contribution is 2.33. The van der Waals surface area contributed by atoms with Gasteiger partial charge in [-0.3, -0.25) is 4.79 Å². The van der Waals surface area contributed by atoms with E-state index in [-0.39, 0.29) is 17.2 Å². The third-order valence-corrected chi connectivity index (χ3v) is 6.55. The lowest BCUT2D eigenvalue weighted by atomic mass is 10.1. The molecular formula is C16H21ClN2O4S. The Bertz CT molecular complexity index is 845. The minimum atomic E-state index is -3.81. The number of carbonyl (C=O) groups excluding carboxylic acids is 1. The van der Waals surface area contributed by atoms with E-state index in [1.165, 1.54) is 6.07 Å². The van der Waals surface area contributed by atoms with Crippen LogP contribution in [0.3, 0.4) is 0 Å². The molecule has 0 saturated heterocycles. The number of sulfone groups is 1. The number of primary amides is 1. The molecule has 6 nitrogen and oxygen atoms in total. The summed E-state index contributed by atoms with van der Waals surface area (Å²) < 4.78 is 26.4. The van der Waals surface area contributed by atoms with Crippen molar-refractivity contribution in [2.24, 2.45) is 5.73 Å². The Morgan fingerprint density at radius 1 is 1.38 bits per heavy atom. The molecule has 0 saturated carbocycles. The molecule has 0 aliphatic rings. The zero-order valence-corrected chi connectivity index (χ0v) is 15.0. The summed E-state index contributed by atoms with van der Waals surface area (Å²) in [4.78, 5) is 14.5. The Morgan fingerprint density at radius 2 is 2.08 bits per heavy atom. The van der Waals surface area contributed by atoms with Crippen LogP contribution in [0.15, 0.2) is 23.1 Å². The number of aliphatic hydroxyl groups excluding tert-OH is 1. The second-order valence-electron chi connectivity index (χ2n) is 5.70. The molecular weight excluding hydrogens is 352 g/mol. The second-order valence-corrected chi connectivity index (χ2v) is 8.31. The summed E-state index contributed by atoms with van der Waals surface area (Å²) in [5.41, 5.74) is 5.74. The Labute approximate surface area is 145 Å². The molecule has 1 heterocycles. The maximum absolute atomic E-state index is 13.2. The van der Waals surface area contributed by atoms with E-state index in [1.54, 1.807) is 12.1 Å². The summed E-state index contributed by atoms with van der Waals surface area (Å²) in [5, 5.41) is 9.08. The lowest BCUT2D eigenvalue weighted by Gasteiger charge is -2.17. The average Bonchev–Trinajstić information content (AvgIpc) is 2.90. The van der Waals surface area contributed by atoms with Gasteiger partial charge in [0.1, 0.15) is 10.6 Å². The number of nitrogens with two attached hydrogens (primary N) is 1. The molecule has 8 heteroatoms. The number of benzene rings is 1. The number of aromatic amines is 1. The highest BCUT2D eigenvalue weighted by molar-refractivity contribution is 7.92. The van der Waals surface area contributed by atoms with E-state index in [0.29, 0.717) is 41.6 Å². The molecule has 0 aliphatic carbocycles. The summed E-state index contributed by atoms with van der Waals surface area (Å²) in [5.74, 6) is -0.835. The molecule has 0 bridgehead atoms. The average molecular weight is 373 g/mol.